The molecule has 0 spiro atoms. The maximum absolute atomic E-state index is 6.08. The molecule has 3 aromatic heterocycles. The van der Waals surface area contributed by atoms with Crippen LogP contribution in [0.4, 0.5) is 5.82 Å². The van der Waals surface area contributed by atoms with Gasteiger partial charge in [-0.2, -0.15) is 0 Å². The summed E-state index contributed by atoms with van der Waals surface area (Å²) in [5.74, 6) is 3.42. The topological polar surface area (TPSA) is 89.0 Å². The van der Waals surface area contributed by atoms with E-state index in [1.807, 2.05) is 37.4 Å². The summed E-state index contributed by atoms with van der Waals surface area (Å²) in [5, 5.41) is 0.988. The van der Waals surface area contributed by atoms with Gasteiger partial charge in [0.15, 0.2) is 5.65 Å². The highest BCUT2D eigenvalue weighted by molar-refractivity contribution is 5.90. The Morgan fingerprint density at radius 3 is 2.88 bits per heavy atom. The number of pyridine rings is 1. The minimum atomic E-state index is 0.578. The summed E-state index contributed by atoms with van der Waals surface area (Å²) in [6.45, 7) is 3.92. The normalized spacial score (nSPS) is 13.6. The minimum Gasteiger partial charge on any atom is -0.497 e. The number of aromatic amines is 1. The van der Waals surface area contributed by atoms with Gasteiger partial charge in [-0.25, -0.2) is 19.9 Å². The number of nitrogens with zero attached hydrogens (tertiary/aromatic N) is 5. The Balaban J connectivity index is 1.38. The summed E-state index contributed by atoms with van der Waals surface area (Å²) >= 11 is 0. The first-order valence-electron chi connectivity index (χ1n) is 10.8. The molecular weight excluding hydrogens is 416 g/mol. The van der Waals surface area contributed by atoms with Gasteiger partial charge in [-0.3, -0.25) is 0 Å². The Morgan fingerprint density at radius 1 is 1.03 bits per heavy atom. The zero-order valence-corrected chi connectivity index (χ0v) is 18.4. The second kappa shape index (κ2) is 7.74. The molecule has 0 atom stereocenters. The van der Waals surface area contributed by atoms with Crippen LogP contribution in [-0.2, 0) is 6.54 Å². The van der Waals surface area contributed by atoms with Gasteiger partial charge in [0, 0.05) is 35.3 Å². The van der Waals surface area contributed by atoms with Gasteiger partial charge >= 0.3 is 0 Å². The number of anilines is 1. The Hall–Kier alpha value is -4.20. The number of methoxy groups -OCH3 is 1. The number of hydrogen-bond donors (Lipinski definition) is 1. The van der Waals surface area contributed by atoms with Crippen molar-refractivity contribution in [1.82, 2.24) is 24.9 Å². The second-order valence-electron chi connectivity index (χ2n) is 8.09. The lowest BCUT2D eigenvalue weighted by Gasteiger charge is -2.22. The maximum Gasteiger partial charge on any atom is 0.177 e. The first-order valence-corrected chi connectivity index (χ1v) is 10.8. The van der Waals surface area contributed by atoms with E-state index in [9.17, 15) is 0 Å². The molecule has 0 bridgehead atoms. The van der Waals surface area contributed by atoms with Crippen molar-refractivity contribution in [2.24, 2.45) is 0 Å². The van der Waals surface area contributed by atoms with Crippen LogP contribution in [0.2, 0.25) is 0 Å². The molecule has 0 radical (unpaired) electrons. The molecule has 0 amide bonds. The average molecular weight is 438 g/mol. The van der Waals surface area contributed by atoms with Gasteiger partial charge in [0.05, 0.1) is 24.7 Å². The molecule has 6 rings (SSSR count). The smallest absolute Gasteiger partial charge is 0.177 e. The van der Waals surface area contributed by atoms with Crippen LogP contribution in [0, 0.1) is 6.92 Å². The van der Waals surface area contributed by atoms with E-state index in [2.05, 4.69) is 48.0 Å². The molecule has 0 fully saturated rings. The molecule has 2 aromatic carbocycles. The van der Waals surface area contributed by atoms with Crippen molar-refractivity contribution in [2.75, 3.05) is 25.2 Å². The molecule has 4 heterocycles. The van der Waals surface area contributed by atoms with Crippen LogP contribution < -0.4 is 14.4 Å². The maximum atomic E-state index is 6.08. The van der Waals surface area contributed by atoms with Gasteiger partial charge in [-0.1, -0.05) is 6.07 Å². The molecule has 1 N–H and O–H groups in total. The lowest BCUT2D eigenvalue weighted by atomic mass is 10.0. The fourth-order valence-corrected chi connectivity index (χ4v) is 4.33. The predicted octanol–water partition coefficient (Wildman–Crippen LogP) is 4.28. The van der Waals surface area contributed by atoms with Crippen molar-refractivity contribution in [3.8, 4) is 22.6 Å². The van der Waals surface area contributed by atoms with E-state index in [1.165, 1.54) is 0 Å². The first-order chi connectivity index (χ1) is 16.2. The van der Waals surface area contributed by atoms with E-state index in [-0.39, 0.29) is 0 Å². The molecule has 0 saturated heterocycles. The first kappa shape index (κ1) is 19.5. The summed E-state index contributed by atoms with van der Waals surface area (Å²) in [6, 6.07) is 14.3. The monoisotopic (exact) mass is 438 g/mol. The van der Waals surface area contributed by atoms with Crippen LogP contribution in [0.1, 0.15) is 11.4 Å². The summed E-state index contributed by atoms with van der Waals surface area (Å²) < 4.78 is 11.4. The van der Waals surface area contributed by atoms with E-state index in [4.69, 9.17) is 9.47 Å². The van der Waals surface area contributed by atoms with Crippen LogP contribution in [0.5, 0.6) is 11.5 Å². The molecule has 5 aromatic rings. The number of fused-ring (bicyclic) bond motifs is 3. The number of rotatable bonds is 3. The highest BCUT2D eigenvalue weighted by Crippen LogP contribution is 2.33. The molecular formula is C25H22N6O2. The number of imidazole rings is 1. The van der Waals surface area contributed by atoms with Gasteiger partial charge in [-0.05, 0) is 42.8 Å². The standard InChI is InChI=1S/C25H22N6O2/c1-15-29-22-10-17(12-26-24(22)30-15)16-3-6-23-18(9-16)13-31(7-8-33-23)25-20-5-4-19(32-2)11-21(20)27-14-28-25/h3-6,9-12,14H,7-8,13H2,1-2H3,(H,26,29,30). The van der Waals surface area contributed by atoms with Crippen molar-refractivity contribution < 1.29 is 9.47 Å². The van der Waals surface area contributed by atoms with Gasteiger partial charge in [-0.15, -0.1) is 0 Å². The lowest BCUT2D eigenvalue weighted by Crippen LogP contribution is -2.26. The molecule has 0 unspecified atom stereocenters. The van der Waals surface area contributed by atoms with E-state index in [1.54, 1.807) is 13.4 Å². The summed E-state index contributed by atoms with van der Waals surface area (Å²) in [7, 11) is 1.66. The third-order valence-electron chi connectivity index (χ3n) is 5.95. The highest BCUT2D eigenvalue weighted by atomic mass is 16.5. The van der Waals surface area contributed by atoms with Crippen LogP contribution in [0.3, 0.4) is 0 Å². The minimum absolute atomic E-state index is 0.578. The van der Waals surface area contributed by atoms with Crippen LogP contribution in [0.15, 0.2) is 55.0 Å². The van der Waals surface area contributed by atoms with E-state index in [0.29, 0.717) is 13.2 Å². The van der Waals surface area contributed by atoms with E-state index < -0.39 is 0 Å². The number of benzene rings is 2. The Labute approximate surface area is 190 Å². The van der Waals surface area contributed by atoms with Crippen LogP contribution in [-0.4, -0.2) is 45.2 Å². The molecule has 8 nitrogen and oxygen atoms in total. The average Bonchev–Trinajstić information content (AvgIpc) is 3.09. The Bertz CT molecular complexity index is 1500. The summed E-state index contributed by atoms with van der Waals surface area (Å²) in [5.41, 5.74) is 5.73. The van der Waals surface area contributed by atoms with Gasteiger partial charge < -0.3 is 19.4 Å². The van der Waals surface area contributed by atoms with E-state index in [0.717, 1.165) is 68.4 Å². The molecule has 0 aliphatic carbocycles. The zero-order valence-electron chi connectivity index (χ0n) is 18.4. The third kappa shape index (κ3) is 3.49. The van der Waals surface area contributed by atoms with Crippen LogP contribution >= 0.6 is 0 Å². The Morgan fingerprint density at radius 2 is 1.97 bits per heavy atom. The van der Waals surface area contributed by atoms with E-state index >= 15 is 0 Å². The number of hydrogen-bond acceptors (Lipinski definition) is 7. The number of ether oxygens (including phenoxy) is 2. The lowest BCUT2D eigenvalue weighted by molar-refractivity contribution is 0.331. The largest absolute Gasteiger partial charge is 0.497 e. The van der Waals surface area contributed by atoms with Gasteiger partial charge in [0.1, 0.15) is 36.1 Å². The summed E-state index contributed by atoms with van der Waals surface area (Å²) in [6.07, 6.45) is 3.47. The molecule has 1 aliphatic heterocycles. The SMILES string of the molecule is COc1ccc2c(N3CCOc4ccc(-c5cnc6nc(C)[nH]c6c5)cc4C3)ncnc2c1. The van der Waals surface area contributed by atoms with Crippen LogP contribution in [0.25, 0.3) is 33.2 Å². The van der Waals surface area contributed by atoms with Crippen molar-refractivity contribution in [2.45, 2.75) is 13.5 Å². The number of aryl methyl sites for hydroxylation is 1. The Kier molecular flexibility index (Phi) is 4.57. The zero-order chi connectivity index (χ0) is 22.4. The number of nitrogens with one attached hydrogen (secondary N) is 1. The van der Waals surface area contributed by atoms with Gasteiger partial charge in [0.25, 0.3) is 0 Å². The molecule has 0 saturated carbocycles. The summed E-state index contributed by atoms with van der Waals surface area (Å²) in [4.78, 5) is 23.5. The van der Waals surface area contributed by atoms with Crippen molar-refractivity contribution in [3.05, 3.63) is 66.4 Å². The molecule has 33 heavy (non-hydrogen) atoms. The predicted molar refractivity (Wildman–Crippen MR) is 127 cm³/mol. The third-order valence-corrected chi connectivity index (χ3v) is 5.95. The molecule has 1 aliphatic rings. The second-order valence-corrected chi connectivity index (χ2v) is 8.09. The molecule has 164 valence electrons. The quantitative estimate of drug-likeness (QED) is 0.450. The van der Waals surface area contributed by atoms with Crippen molar-refractivity contribution >= 4 is 27.9 Å². The van der Waals surface area contributed by atoms with Crippen molar-refractivity contribution in [3.63, 3.8) is 0 Å². The number of H-pyrrole nitrogens is 1. The molecule has 8 heteroatoms. The fraction of sp³-hybridized carbons (Fsp3) is 0.200. The van der Waals surface area contributed by atoms with Crippen molar-refractivity contribution in [1.29, 1.82) is 0 Å². The number of aromatic nitrogens is 5. The van der Waals surface area contributed by atoms with Gasteiger partial charge in [0.2, 0.25) is 0 Å². The fourth-order valence-electron chi connectivity index (χ4n) is 4.33. The highest BCUT2D eigenvalue weighted by Gasteiger charge is 2.20.